The lowest BCUT2D eigenvalue weighted by Crippen LogP contribution is -2.38. The van der Waals surface area contributed by atoms with Crippen LogP contribution in [0.5, 0.6) is 0 Å². The first kappa shape index (κ1) is 18.0. The number of rotatable bonds is 4. The summed E-state index contributed by atoms with van der Waals surface area (Å²) in [4.78, 5) is 26.8. The van der Waals surface area contributed by atoms with Crippen LogP contribution in [-0.4, -0.2) is 40.4 Å². The standard InChI is InChI=1S/C22H28N4O/c1-16(2)14-20(27)26-13-10-19-18(15-26)22(25-11-6-7-12-25)24-21(23-19)17-8-4-3-5-9-17/h3-5,8-9,16H,6-7,10-15H2,1-2H3. The second-order valence-corrected chi connectivity index (χ2v) is 8.02. The molecule has 1 fully saturated rings. The highest BCUT2D eigenvalue weighted by Gasteiger charge is 2.28. The number of nitrogens with zero attached hydrogens (tertiary/aromatic N) is 4. The van der Waals surface area contributed by atoms with Gasteiger partial charge in [-0.3, -0.25) is 4.79 Å². The van der Waals surface area contributed by atoms with Crippen molar-refractivity contribution in [3.8, 4) is 11.4 Å². The van der Waals surface area contributed by atoms with Crippen LogP contribution in [0.15, 0.2) is 30.3 Å². The SMILES string of the molecule is CC(C)CC(=O)N1CCc2nc(-c3ccccc3)nc(N3CCCC3)c2C1. The van der Waals surface area contributed by atoms with E-state index in [1.165, 1.54) is 12.8 Å². The molecule has 2 aliphatic heterocycles. The zero-order chi connectivity index (χ0) is 18.8. The highest BCUT2D eigenvalue weighted by atomic mass is 16.2. The summed E-state index contributed by atoms with van der Waals surface area (Å²) in [6, 6.07) is 10.2. The van der Waals surface area contributed by atoms with Gasteiger partial charge in [0, 0.05) is 43.6 Å². The van der Waals surface area contributed by atoms with Crippen LogP contribution in [0.4, 0.5) is 5.82 Å². The normalized spacial score (nSPS) is 16.7. The van der Waals surface area contributed by atoms with Crippen LogP contribution in [0, 0.1) is 5.92 Å². The molecule has 1 aromatic carbocycles. The van der Waals surface area contributed by atoms with Crippen molar-refractivity contribution < 1.29 is 4.79 Å². The molecule has 4 rings (SSSR count). The Morgan fingerprint density at radius 1 is 1.07 bits per heavy atom. The van der Waals surface area contributed by atoms with E-state index >= 15 is 0 Å². The summed E-state index contributed by atoms with van der Waals surface area (Å²) >= 11 is 0. The van der Waals surface area contributed by atoms with Gasteiger partial charge in [0.1, 0.15) is 5.82 Å². The van der Waals surface area contributed by atoms with Gasteiger partial charge in [-0.15, -0.1) is 0 Å². The van der Waals surface area contributed by atoms with E-state index in [2.05, 4.69) is 30.9 Å². The van der Waals surface area contributed by atoms with Crippen LogP contribution in [0.25, 0.3) is 11.4 Å². The van der Waals surface area contributed by atoms with E-state index in [0.717, 1.165) is 54.5 Å². The highest BCUT2D eigenvalue weighted by Crippen LogP contribution is 2.31. The number of aromatic nitrogens is 2. The lowest BCUT2D eigenvalue weighted by Gasteiger charge is -2.32. The number of amides is 1. The van der Waals surface area contributed by atoms with E-state index < -0.39 is 0 Å². The Bertz CT molecular complexity index is 813. The molecule has 5 heteroatoms. The summed E-state index contributed by atoms with van der Waals surface area (Å²) in [6.45, 7) is 7.67. The van der Waals surface area contributed by atoms with E-state index in [9.17, 15) is 4.79 Å². The number of carbonyl (C=O) groups is 1. The maximum atomic E-state index is 12.6. The molecule has 0 saturated carbocycles. The Balaban J connectivity index is 1.70. The van der Waals surface area contributed by atoms with E-state index in [1.807, 2.05) is 23.1 Å². The number of anilines is 1. The molecule has 3 heterocycles. The molecule has 1 amide bonds. The fourth-order valence-corrected chi connectivity index (χ4v) is 3.99. The second kappa shape index (κ2) is 7.67. The van der Waals surface area contributed by atoms with E-state index in [0.29, 0.717) is 18.9 Å². The molecule has 0 bridgehead atoms. The molecule has 0 atom stereocenters. The van der Waals surface area contributed by atoms with Gasteiger partial charge >= 0.3 is 0 Å². The smallest absolute Gasteiger partial charge is 0.223 e. The number of benzene rings is 1. The van der Waals surface area contributed by atoms with Gasteiger partial charge in [-0.25, -0.2) is 9.97 Å². The monoisotopic (exact) mass is 364 g/mol. The van der Waals surface area contributed by atoms with Gasteiger partial charge in [0.2, 0.25) is 5.91 Å². The minimum absolute atomic E-state index is 0.246. The number of carbonyl (C=O) groups excluding carboxylic acids is 1. The fraction of sp³-hybridized carbons (Fsp3) is 0.500. The lowest BCUT2D eigenvalue weighted by atomic mass is 10.0. The topological polar surface area (TPSA) is 49.3 Å². The van der Waals surface area contributed by atoms with Crippen LogP contribution in [-0.2, 0) is 17.8 Å². The number of hydrogen-bond acceptors (Lipinski definition) is 4. The molecule has 1 aromatic heterocycles. The Hall–Kier alpha value is -2.43. The quantitative estimate of drug-likeness (QED) is 0.830. The minimum atomic E-state index is 0.246. The summed E-state index contributed by atoms with van der Waals surface area (Å²) in [5, 5.41) is 0. The van der Waals surface area contributed by atoms with Gasteiger partial charge in [0.25, 0.3) is 0 Å². The van der Waals surface area contributed by atoms with Crippen molar-refractivity contribution in [1.82, 2.24) is 14.9 Å². The zero-order valence-electron chi connectivity index (χ0n) is 16.3. The van der Waals surface area contributed by atoms with Crippen LogP contribution in [0.3, 0.4) is 0 Å². The largest absolute Gasteiger partial charge is 0.356 e. The predicted octanol–water partition coefficient (Wildman–Crippen LogP) is 3.67. The molecule has 0 aliphatic carbocycles. The van der Waals surface area contributed by atoms with Crippen molar-refractivity contribution in [2.45, 2.75) is 46.1 Å². The molecule has 142 valence electrons. The molecule has 27 heavy (non-hydrogen) atoms. The van der Waals surface area contributed by atoms with Crippen molar-refractivity contribution >= 4 is 11.7 Å². The zero-order valence-corrected chi connectivity index (χ0v) is 16.3. The summed E-state index contributed by atoms with van der Waals surface area (Å²) in [5.74, 6) is 2.47. The average Bonchev–Trinajstić information content (AvgIpc) is 3.21. The van der Waals surface area contributed by atoms with Gasteiger partial charge in [-0.05, 0) is 18.8 Å². The molecule has 0 spiro atoms. The third-order valence-electron chi connectivity index (χ3n) is 5.41. The Kier molecular flexibility index (Phi) is 5.10. The molecule has 2 aliphatic rings. The first-order chi connectivity index (χ1) is 13.1. The molecule has 2 aromatic rings. The van der Waals surface area contributed by atoms with Crippen molar-refractivity contribution in [3.63, 3.8) is 0 Å². The molecular weight excluding hydrogens is 336 g/mol. The Morgan fingerprint density at radius 3 is 2.52 bits per heavy atom. The molecule has 5 nitrogen and oxygen atoms in total. The van der Waals surface area contributed by atoms with Crippen LogP contribution in [0.2, 0.25) is 0 Å². The maximum Gasteiger partial charge on any atom is 0.223 e. The van der Waals surface area contributed by atoms with E-state index in [4.69, 9.17) is 9.97 Å². The highest BCUT2D eigenvalue weighted by molar-refractivity contribution is 5.77. The second-order valence-electron chi connectivity index (χ2n) is 8.02. The van der Waals surface area contributed by atoms with Gasteiger partial charge in [0.15, 0.2) is 5.82 Å². The third-order valence-corrected chi connectivity index (χ3v) is 5.41. The average molecular weight is 364 g/mol. The third kappa shape index (κ3) is 3.82. The van der Waals surface area contributed by atoms with Gasteiger partial charge in [0.05, 0.1) is 12.2 Å². The summed E-state index contributed by atoms with van der Waals surface area (Å²) in [7, 11) is 0. The molecule has 0 N–H and O–H groups in total. The summed E-state index contributed by atoms with van der Waals surface area (Å²) in [5.41, 5.74) is 3.32. The molecular formula is C22H28N4O. The Labute approximate surface area is 161 Å². The minimum Gasteiger partial charge on any atom is -0.356 e. The van der Waals surface area contributed by atoms with Crippen LogP contribution >= 0.6 is 0 Å². The van der Waals surface area contributed by atoms with Crippen LogP contribution in [0.1, 0.15) is 44.4 Å². The van der Waals surface area contributed by atoms with Gasteiger partial charge in [-0.1, -0.05) is 44.2 Å². The summed E-state index contributed by atoms with van der Waals surface area (Å²) < 4.78 is 0. The molecule has 0 unspecified atom stereocenters. The number of hydrogen-bond donors (Lipinski definition) is 0. The predicted molar refractivity (Wildman–Crippen MR) is 107 cm³/mol. The van der Waals surface area contributed by atoms with Crippen molar-refractivity contribution in [1.29, 1.82) is 0 Å². The van der Waals surface area contributed by atoms with Crippen molar-refractivity contribution in [3.05, 3.63) is 41.6 Å². The first-order valence-electron chi connectivity index (χ1n) is 10.1. The fourth-order valence-electron chi connectivity index (χ4n) is 3.99. The van der Waals surface area contributed by atoms with Crippen molar-refractivity contribution in [2.24, 2.45) is 5.92 Å². The van der Waals surface area contributed by atoms with Crippen LogP contribution < -0.4 is 4.90 Å². The summed E-state index contributed by atoms with van der Waals surface area (Å²) in [6.07, 6.45) is 3.82. The van der Waals surface area contributed by atoms with E-state index in [-0.39, 0.29) is 5.91 Å². The van der Waals surface area contributed by atoms with Crippen molar-refractivity contribution in [2.75, 3.05) is 24.5 Å². The van der Waals surface area contributed by atoms with Gasteiger partial charge < -0.3 is 9.80 Å². The number of fused-ring (bicyclic) bond motifs is 1. The van der Waals surface area contributed by atoms with Gasteiger partial charge in [-0.2, -0.15) is 0 Å². The Morgan fingerprint density at radius 2 is 1.81 bits per heavy atom. The lowest BCUT2D eigenvalue weighted by molar-refractivity contribution is -0.132. The first-order valence-corrected chi connectivity index (χ1v) is 10.1. The van der Waals surface area contributed by atoms with E-state index in [1.54, 1.807) is 0 Å². The molecule has 1 saturated heterocycles. The maximum absolute atomic E-state index is 12.6. The molecule has 0 radical (unpaired) electrons.